The number of hydrogen-bond acceptors (Lipinski definition) is 2. The summed E-state index contributed by atoms with van der Waals surface area (Å²) in [5, 5.41) is 3.51. The zero-order valence-electron chi connectivity index (χ0n) is 8.90. The molecule has 0 aromatic carbocycles. The van der Waals surface area contributed by atoms with Crippen LogP contribution in [-0.4, -0.2) is 15.9 Å². The highest BCUT2D eigenvalue weighted by Gasteiger charge is 2.16. The van der Waals surface area contributed by atoms with Gasteiger partial charge in [0.05, 0.1) is 5.69 Å². The van der Waals surface area contributed by atoms with E-state index in [0.717, 1.165) is 17.9 Å². The topological polar surface area (TPSA) is 29.3 Å². The summed E-state index contributed by atoms with van der Waals surface area (Å²) in [6, 6.07) is 4.92. The Morgan fingerprint density at radius 1 is 1.53 bits per heavy atom. The highest BCUT2D eigenvalue weighted by Crippen LogP contribution is 2.23. The molecule has 1 aliphatic heterocycles. The lowest BCUT2D eigenvalue weighted by molar-refractivity contribution is 0.647. The lowest BCUT2D eigenvalue weighted by atomic mass is 10.1. The van der Waals surface area contributed by atoms with Crippen LogP contribution in [0.3, 0.4) is 0 Å². The predicted molar refractivity (Wildman–Crippen MR) is 59.9 cm³/mol. The summed E-state index contributed by atoms with van der Waals surface area (Å²) >= 11 is 0. The van der Waals surface area contributed by atoms with Crippen molar-refractivity contribution < 1.29 is 0 Å². The smallest absolute Gasteiger partial charge is 0.137 e. The van der Waals surface area contributed by atoms with Crippen LogP contribution < -0.4 is 5.32 Å². The van der Waals surface area contributed by atoms with Crippen LogP contribution in [0.2, 0.25) is 0 Å². The average molecular weight is 201 g/mol. The first-order valence-electron chi connectivity index (χ1n) is 5.51. The van der Waals surface area contributed by atoms with Crippen LogP contribution in [0.5, 0.6) is 0 Å². The molecule has 15 heavy (non-hydrogen) atoms. The maximum atomic E-state index is 4.48. The number of aromatic nitrogens is 2. The average Bonchev–Trinajstić information content (AvgIpc) is 2.82. The van der Waals surface area contributed by atoms with E-state index in [-0.39, 0.29) is 0 Å². The number of hydrogen-bond donors (Lipinski definition) is 1. The summed E-state index contributed by atoms with van der Waals surface area (Å²) < 4.78 is 2.08. The number of rotatable bonds is 1. The second kappa shape index (κ2) is 3.35. The van der Waals surface area contributed by atoms with E-state index in [9.17, 15) is 0 Å². The van der Waals surface area contributed by atoms with Crippen LogP contribution in [0.25, 0.3) is 5.65 Å². The van der Waals surface area contributed by atoms with Gasteiger partial charge in [-0.3, -0.25) is 0 Å². The van der Waals surface area contributed by atoms with Gasteiger partial charge in [0.25, 0.3) is 0 Å². The van der Waals surface area contributed by atoms with Crippen molar-refractivity contribution >= 4 is 5.65 Å². The van der Waals surface area contributed by atoms with Gasteiger partial charge in [0, 0.05) is 18.4 Å². The molecule has 1 unspecified atom stereocenters. The van der Waals surface area contributed by atoms with Gasteiger partial charge in [-0.15, -0.1) is 0 Å². The number of imidazole rings is 1. The number of pyridine rings is 1. The molecule has 3 heteroatoms. The molecule has 0 radical (unpaired) electrons. The molecule has 3 nitrogen and oxygen atoms in total. The highest BCUT2D eigenvalue weighted by molar-refractivity contribution is 5.43. The Bertz CT molecular complexity index is 481. The van der Waals surface area contributed by atoms with E-state index < -0.39 is 0 Å². The van der Waals surface area contributed by atoms with Crippen molar-refractivity contribution in [1.82, 2.24) is 14.7 Å². The minimum Gasteiger partial charge on any atom is -0.310 e. The van der Waals surface area contributed by atoms with Crippen LogP contribution in [0.4, 0.5) is 0 Å². The molecule has 1 aliphatic rings. The Kier molecular flexibility index (Phi) is 1.99. The lowest BCUT2D eigenvalue weighted by Gasteiger charge is -2.10. The highest BCUT2D eigenvalue weighted by atomic mass is 15.0. The van der Waals surface area contributed by atoms with Crippen molar-refractivity contribution in [3.05, 3.63) is 35.8 Å². The van der Waals surface area contributed by atoms with Crippen molar-refractivity contribution in [2.24, 2.45) is 0 Å². The molecular formula is C12H15N3. The van der Waals surface area contributed by atoms with Gasteiger partial charge in [0.2, 0.25) is 0 Å². The van der Waals surface area contributed by atoms with E-state index in [0.29, 0.717) is 6.04 Å². The van der Waals surface area contributed by atoms with Gasteiger partial charge in [-0.25, -0.2) is 4.98 Å². The van der Waals surface area contributed by atoms with Crippen LogP contribution in [-0.2, 0) is 0 Å². The fourth-order valence-corrected chi connectivity index (χ4v) is 2.31. The fourth-order valence-electron chi connectivity index (χ4n) is 2.31. The minimum absolute atomic E-state index is 0.534. The fraction of sp³-hybridized carbons (Fsp3) is 0.417. The summed E-state index contributed by atoms with van der Waals surface area (Å²) in [4.78, 5) is 4.48. The molecule has 0 saturated carbocycles. The molecular weight excluding hydrogens is 186 g/mol. The summed E-state index contributed by atoms with van der Waals surface area (Å²) in [6.07, 6.45) is 6.69. The summed E-state index contributed by atoms with van der Waals surface area (Å²) in [5.74, 6) is 0. The van der Waals surface area contributed by atoms with Crippen molar-refractivity contribution in [2.45, 2.75) is 25.8 Å². The van der Waals surface area contributed by atoms with Gasteiger partial charge in [-0.2, -0.15) is 0 Å². The maximum absolute atomic E-state index is 4.48. The van der Waals surface area contributed by atoms with Gasteiger partial charge >= 0.3 is 0 Å². The second-order valence-corrected chi connectivity index (χ2v) is 4.26. The van der Waals surface area contributed by atoms with Gasteiger partial charge < -0.3 is 9.72 Å². The molecule has 1 fully saturated rings. The second-order valence-electron chi connectivity index (χ2n) is 4.26. The Morgan fingerprint density at radius 2 is 2.47 bits per heavy atom. The third-order valence-electron chi connectivity index (χ3n) is 3.07. The predicted octanol–water partition coefficient (Wildman–Crippen LogP) is 2.07. The SMILES string of the molecule is Cc1cn2ccc(C3CCCN3)cc2n1. The quantitative estimate of drug-likeness (QED) is 0.765. The third kappa shape index (κ3) is 1.53. The first-order valence-corrected chi connectivity index (χ1v) is 5.51. The molecule has 2 aromatic heterocycles. The van der Waals surface area contributed by atoms with Crippen LogP contribution in [0.1, 0.15) is 30.1 Å². The minimum atomic E-state index is 0.534. The molecule has 3 rings (SSSR count). The Hall–Kier alpha value is -1.35. The molecule has 0 amide bonds. The van der Waals surface area contributed by atoms with E-state index in [1.807, 2.05) is 6.92 Å². The molecule has 0 aliphatic carbocycles. The van der Waals surface area contributed by atoms with Crippen molar-refractivity contribution in [1.29, 1.82) is 0 Å². The summed E-state index contributed by atoms with van der Waals surface area (Å²) in [7, 11) is 0. The van der Waals surface area contributed by atoms with Crippen LogP contribution >= 0.6 is 0 Å². The Morgan fingerprint density at radius 3 is 3.27 bits per heavy atom. The first kappa shape index (κ1) is 8.92. The normalized spacial score (nSPS) is 21.3. The monoisotopic (exact) mass is 201 g/mol. The Labute approximate surface area is 89.1 Å². The van der Waals surface area contributed by atoms with E-state index in [4.69, 9.17) is 0 Å². The first-order chi connectivity index (χ1) is 7.33. The standard InChI is InChI=1S/C12H15N3/c1-9-8-15-6-4-10(7-12(15)14-9)11-3-2-5-13-11/h4,6-8,11,13H,2-3,5H2,1H3. The molecule has 1 atom stereocenters. The van der Waals surface area contributed by atoms with Crippen molar-refractivity contribution in [3.8, 4) is 0 Å². The largest absolute Gasteiger partial charge is 0.310 e. The van der Waals surface area contributed by atoms with Gasteiger partial charge in [0.15, 0.2) is 0 Å². The van der Waals surface area contributed by atoms with Gasteiger partial charge in [-0.05, 0) is 44.0 Å². The maximum Gasteiger partial charge on any atom is 0.137 e. The lowest BCUT2D eigenvalue weighted by Crippen LogP contribution is -2.12. The van der Waals surface area contributed by atoms with E-state index in [2.05, 4.69) is 39.2 Å². The number of nitrogens with one attached hydrogen (secondary N) is 1. The third-order valence-corrected chi connectivity index (χ3v) is 3.07. The van der Waals surface area contributed by atoms with Crippen LogP contribution in [0, 0.1) is 6.92 Å². The van der Waals surface area contributed by atoms with Crippen molar-refractivity contribution in [2.75, 3.05) is 6.54 Å². The zero-order valence-corrected chi connectivity index (χ0v) is 8.90. The van der Waals surface area contributed by atoms with E-state index >= 15 is 0 Å². The molecule has 3 heterocycles. The zero-order chi connectivity index (χ0) is 10.3. The summed E-state index contributed by atoms with van der Waals surface area (Å²) in [5.41, 5.74) is 3.50. The molecule has 2 aromatic rings. The molecule has 1 N–H and O–H groups in total. The number of fused-ring (bicyclic) bond motifs is 1. The van der Waals surface area contributed by atoms with Gasteiger partial charge in [-0.1, -0.05) is 0 Å². The molecule has 0 bridgehead atoms. The molecule has 1 saturated heterocycles. The Balaban J connectivity index is 2.04. The van der Waals surface area contributed by atoms with Crippen molar-refractivity contribution in [3.63, 3.8) is 0 Å². The van der Waals surface area contributed by atoms with Gasteiger partial charge in [0.1, 0.15) is 5.65 Å². The van der Waals surface area contributed by atoms with Crippen LogP contribution in [0.15, 0.2) is 24.5 Å². The van der Waals surface area contributed by atoms with E-state index in [1.165, 1.54) is 18.4 Å². The molecule has 78 valence electrons. The summed E-state index contributed by atoms with van der Waals surface area (Å²) in [6.45, 7) is 3.17. The van der Waals surface area contributed by atoms with E-state index in [1.54, 1.807) is 0 Å². The number of nitrogens with zero attached hydrogens (tertiary/aromatic N) is 2. The molecule has 0 spiro atoms. The number of aryl methyl sites for hydroxylation is 1.